The maximum Gasteiger partial charge on any atom is 0.264 e. The zero-order valence-corrected chi connectivity index (χ0v) is 16.2. The molecule has 1 aromatic heterocycles. The number of halogens is 2. The molecule has 0 atom stereocenters. The summed E-state index contributed by atoms with van der Waals surface area (Å²) in [5.41, 5.74) is 1.51. The molecule has 27 heavy (non-hydrogen) atoms. The fraction of sp³-hybridized carbons (Fsp3) is 0. The normalized spacial score (nSPS) is 16.9. The number of amidine groups is 1. The molecule has 0 unspecified atom stereocenters. The number of benzene rings is 2. The molecule has 0 radical (unpaired) electrons. The average molecular weight is 443 g/mol. The molecular formula is C20H12BrFN2O2S. The van der Waals surface area contributed by atoms with Gasteiger partial charge in [0.05, 0.1) is 10.6 Å². The Bertz CT molecular complexity index is 1060. The second-order valence-electron chi connectivity index (χ2n) is 5.67. The summed E-state index contributed by atoms with van der Waals surface area (Å²) in [7, 11) is 0. The number of aliphatic imine (C=N–C) groups is 1. The van der Waals surface area contributed by atoms with Crippen LogP contribution in [0.1, 0.15) is 5.76 Å². The van der Waals surface area contributed by atoms with Gasteiger partial charge in [-0.2, -0.15) is 0 Å². The lowest BCUT2D eigenvalue weighted by molar-refractivity contribution is -0.115. The number of amides is 1. The summed E-state index contributed by atoms with van der Waals surface area (Å²) in [5.74, 6) is 0.719. The fourth-order valence-electron chi connectivity index (χ4n) is 2.44. The predicted octanol–water partition coefficient (Wildman–Crippen LogP) is 5.74. The van der Waals surface area contributed by atoms with Gasteiger partial charge in [-0.25, -0.2) is 9.38 Å². The van der Waals surface area contributed by atoms with Crippen LogP contribution < -0.4 is 5.32 Å². The number of hydrogen-bond donors (Lipinski definition) is 1. The van der Waals surface area contributed by atoms with Crippen LogP contribution in [0.15, 0.2) is 79.5 Å². The van der Waals surface area contributed by atoms with E-state index in [2.05, 4.69) is 26.2 Å². The van der Waals surface area contributed by atoms with Crippen molar-refractivity contribution in [2.45, 2.75) is 0 Å². The first kappa shape index (κ1) is 17.8. The quantitative estimate of drug-likeness (QED) is 0.526. The summed E-state index contributed by atoms with van der Waals surface area (Å²) in [6.07, 6.45) is 1.68. The molecule has 1 aliphatic heterocycles. The lowest BCUT2D eigenvalue weighted by atomic mass is 10.2. The standard InChI is InChI=1S/C20H12BrFN2O2S/c21-13-3-1-12(2-4-13)17-10-9-16(26-17)11-18-19(25)24-20(27-18)23-15-7-5-14(22)6-8-15/h1-11H,(H,23,24,25)/b18-11-. The van der Waals surface area contributed by atoms with Crippen molar-refractivity contribution in [3.8, 4) is 11.3 Å². The molecule has 2 aromatic carbocycles. The molecule has 4 rings (SSSR count). The van der Waals surface area contributed by atoms with Crippen molar-refractivity contribution in [1.82, 2.24) is 5.32 Å². The van der Waals surface area contributed by atoms with E-state index >= 15 is 0 Å². The van der Waals surface area contributed by atoms with Crippen LogP contribution in [0, 0.1) is 5.82 Å². The van der Waals surface area contributed by atoms with Gasteiger partial charge >= 0.3 is 0 Å². The highest BCUT2D eigenvalue weighted by Crippen LogP contribution is 2.30. The van der Waals surface area contributed by atoms with Crippen molar-refractivity contribution in [2.24, 2.45) is 4.99 Å². The number of nitrogens with one attached hydrogen (secondary N) is 1. The smallest absolute Gasteiger partial charge is 0.264 e. The molecule has 0 saturated carbocycles. The van der Waals surface area contributed by atoms with Crippen LogP contribution in [-0.2, 0) is 4.79 Å². The molecule has 0 aliphatic carbocycles. The monoisotopic (exact) mass is 442 g/mol. The molecule has 0 spiro atoms. The summed E-state index contributed by atoms with van der Waals surface area (Å²) in [6, 6.07) is 17.2. The van der Waals surface area contributed by atoms with Gasteiger partial charge in [0.25, 0.3) is 5.91 Å². The Balaban J connectivity index is 1.53. The molecular weight excluding hydrogens is 431 g/mol. The van der Waals surface area contributed by atoms with Gasteiger partial charge in [-0.15, -0.1) is 0 Å². The first-order valence-electron chi connectivity index (χ1n) is 7.98. The van der Waals surface area contributed by atoms with Gasteiger partial charge < -0.3 is 9.73 Å². The summed E-state index contributed by atoms with van der Waals surface area (Å²) >= 11 is 4.61. The Hall–Kier alpha value is -2.64. The van der Waals surface area contributed by atoms with Crippen molar-refractivity contribution in [3.63, 3.8) is 0 Å². The first-order chi connectivity index (χ1) is 13.1. The van der Waals surface area contributed by atoms with Crippen LogP contribution in [0.4, 0.5) is 10.1 Å². The lowest BCUT2D eigenvalue weighted by Gasteiger charge is -1.97. The van der Waals surface area contributed by atoms with Gasteiger partial charge in [0.2, 0.25) is 0 Å². The SMILES string of the molecule is O=C1NC(=Nc2ccc(F)cc2)S/C1=C\c1ccc(-c2ccc(Br)cc2)o1. The molecule has 1 N–H and O–H groups in total. The molecule has 7 heteroatoms. The van der Waals surface area contributed by atoms with Gasteiger partial charge in [0.15, 0.2) is 5.17 Å². The third-order valence-electron chi connectivity index (χ3n) is 3.74. The van der Waals surface area contributed by atoms with E-state index < -0.39 is 0 Å². The Morgan fingerprint density at radius 2 is 1.78 bits per heavy atom. The van der Waals surface area contributed by atoms with Gasteiger partial charge in [-0.05, 0) is 60.3 Å². The van der Waals surface area contributed by atoms with E-state index in [9.17, 15) is 9.18 Å². The van der Waals surface area contributed by atoms with Crippen molar-refractivity contribution >= 4 is 50.5 Å². The summed E-state index contributed by atoms with van der Waals surface area (Å²) in [4.78, 5) is 16.9. The number of nitrogens with zero attached hydrogens (tertiary/aromatic N) is 1. The lowest BCUT2D eigenvalue weighted by Crippen LogP contribution is -2.19. The maximum atomic E-state index is 13.0. The van der Waals surface area contributed by atoms with Crippen molar-refractivity contribution in [2.75, 3.05) is 0 Å². The average Bonchev–Trinajstić information content (AvgIpc) is 3.25. The molecule has 134 valence electrons. The van der Waals surface area contributed by atoms with E-state index in [-0.39, 0.29) is 11.7 Å². The van der Waals surface area contributed by atoms with Gasteiger partial charge in [0, 0.05) is 16.1 Å². The molecule has 1 aliphatic rings. The second kappa shape index (κ2) is 7.54. The summed E-state index contributed by atoms with van der Waals surface area (Å²) in [6.45, 7) is 0. The second-order valence-corrected chi connectivity index (χ2v) is 7.61. The minimum Gasteiger partial charge on any atom is -0.457 e. The van der Waals surface area contributed by atoms with Crippen molar-refractivity contribution in [3.05, 3.63) is 81.6 Å². The third kappa shape index (κ3) is 4.20. The topological polar surface area (TPSA) is 54.6 Å². The molecule has 0 bridgehead atoms. The Kier molecular flexibility index (Phi) is 4.96. The molecule has 1 fully saturated rings. The number of rotatable bonds is 3. The van der Waals surface area contributed by atoms with E-state index in [1.807, 2.05) is 36.4 Å². The molecule has 4 nitrogen and oxygen atoms in total. The minimum absolute atomic E-state index is 0.248. The van der Waals surface area contributed by atoms with Crippen LogP contribution >= 0.6 is 27.7 Å². The minimum atomic E-state index is -0.331. The van der Waals surface area contributed by atoms with Crippen LogP contribution in [0.3, 0.4) is 0 Å². The summed E-state index contributed by atoms with van der Waals surface area (Å²) < 4.78 is 19.8. The highest BCUT2D eigenvalue weighted by atomic mass is 79.9. The molecule has 1 amide bonds. The Morgan fingerprint density at radius 1 is 1.04 bits per heavy atom. The van der Waals surface area contributed by atoms with Crippen LogP contribution in [0.2, 0.25) is 0 Å². The predicted molar refractivity (Wildman–Crippen MR) is 109 cm³/mol. The maximum absolute atomic E-state index is 13.0. The van der Waals surface area contributed by atoms with E-state index in [0.29, 0.717) is 21.5 Å². The molecule has 2 heterocycles. The van der Waals surface area contributed by atoms with Crippen molar-refractivity contribution in [1.29, 1.82) is 0 Å². The largest absolute Gasteiger partial charge is 0.457 e. The number of hydrogen-bond acceptors (Lipinski definition) is 4. The zero-order valence-electron chi connectivity index (χ0n) is 13.8. The number of furan rings is 1. The highest BCUT2D eigenvalue weighted by Gasteiger charge is 2.24. The van der Waals surface area contributed by atoms with Crippen LogP contribution in [0.25, 0.3) is 17.4 Å². The van der Waals surface area contributed by atoms with Crippen molar-refractivity contribution < 1.29 is 13.6 Å². The highest BCUT2D eigenvalue weighted by molar-refractivity contribution is 9.10. The Labute approximate surface area is 167 Å². The van der Waals surface area contributed by atoms with Gasteiger partial charge in [0.1, 0.15) is 17.3 Å². The van der Waals surface area contributed by atoms with E-state index in [0.717, 1.165) is 15.8 Å². The first-order valence-corrected chi connectivity index (χ1v) is 9.59. The fourth-order valence-corrected chi connectivity index (χ4v) is 3.53. The van der Waals surface area contributed by atoms with E-state index in [1.165, 1.54) is 23.9 Å². The molecule has 3 aromatic rings. The van der Waals surface area contributed by atoms with Gasteiger partial charge in [-0.3, -0.25) is 4.79 Å². The van der Waals surface area contributed by atoms with Crippen LogP contribution in [-0.4, -0.2) is 11.1 Å². The van der Waals surface area contributed by atoms with Crippen LogP contribution in [0.5, 0.6) is 0 Å². The van der Waals surface area contributed by atoms with E-state index in [1.54, 1.807) is 18.2 Å². The Morgan fingerprint density at radius 3 is 2.52 bits per heavy atom. The number of thioether (sulfide) groups is 1. The number of carbonyl (C=O) groups is 1. The van der Waals surface area contributed by atoms with Gasteiger partial charge in [-0.1, -0.05) is 28.1 Å². The molecule has 1 saturated heterocycles. The third-order valence-corrected chi connectivity index (χ3v) is 5.18. The zero-order chi connectivity index (χ0) is 18.8. The van der Waals surface area contributed by atoms with E-state index in [4.69, 9.17) is 4.42 Å². The number of carbonyl (C=O) groups excluding carboxylic acids is 1. The summed E-state index contributed by atoms with van der Waals surface area (Å²) in [5, 5.41) is 3.14.